The van der Waals surface area contributed by atoms with Gasteiger partial charge in [0.15, 0.2) is 8.32 Å². The van der Waals surface area contributed by atoms with E-state index in [9.17, 15) is 9.59 Å². The number of thiophene rings is 1. The molecule has 2 aliphatic carbocycles. The van der Waals surface area contributed by atoms with Gasteiger partial charge in [-0.1, -0.05) is 27.7 Å². The molecule has 0 bridgehead atoms. The summed E-state index contributed by atoms with van der Waals surface area (Å²) >= 11 is 3.66. The number of amides is 1. The number of hydrogen-bond acceptors (Lipinski definition) is 5. The van der Waals surface area contributed by atoms with Crippen LogP contribution in [0.3, 0.4) is 0 Å². The summed E-state index contributed by atoms with van der Waals surface area (Å²) in [4.78, 5) is 29.1. The van der Waals surface area contributed by atoms with Crippen molar-refractivity contribution in [2.24, 2.45) is 11.8 Å². The minimum absolute atomic E-state index is 0.0421. The van der Waals surface area contributed by atoms with E-state index in [1.807, 2.05) is 11.0 Å². The van der Waals surface area contributed by atoms with Crippen LogP contribution in [-0.2, 0) is 14.0 Å². The Kier molecular flexibility index (Phi) is 9.34. The molecule has 0 N–H and O–H groups in total. The number of methoxy groups -OCH3 is 1. The van der Waals surface area contributed by atoms with Crippen LogP contribution >= 0.6 is 33.9 Å². The molecule has 0 atom stereocenters. The third-order valence-corrected chi connectivity index (χ3v) is 14.6. The van der Waals surface area contributed by atoms with Crippen LogP contribution in [-0.4, -0.2) is 39.4 Å². The van der Waals surface area contributed by atoms with Gasteiger partial charge < -0.3 is 14.1 Å². The van der Waals surface area contributed by atoms with Crippen LogP contribution in [0.1, 0.15) is 88.7 Å². The van der Waals surface area contributed by atoms with Gasteiger partial charge in [-0.25, -0.2) is 4.79 Å². The highest BCUT2D eigenvalue weighted by Crippen LogP contribution is 2.42. The summed E-state index contributed by atoms with van der Waals surface area (Å²) in [5.41, 5.74) is 0.749. The van der Waals surface area contributed by atoms with Gasteiger partial charge in [0.25, 0.3) is 0 Å². The number of carbonyl (C=O) groups is 2. The minimum Gasteiger partial charge on any atom is -0.465 e. The van der Waals surface area contributed by atoms with Crippen molar-refractivity contribution in [2.75, 3.05) is 12.0 Å². The molecule has 0 spiro atoms. The molecule has 2 aliphatic rings. The molecule has 0 unspecified atom stereocenters. The zero-order valence-corrected chi connectivity index (χ0v) is 25.9. The van der Waals surface area contributed by atoms with Gasteiger partial charge in [-0.15, -0.1) is 11.3 Å². The Bertz CT molecular complexity index is 865. The number of anilines is 1. The van der Waals surface area contributed by atoms with Crippen molar-refractivity contribution in [3.63, 3.8) is 0 Å². The van der Waals surface area contributed by atoms with Crippen molar-refractivity contribution >= 4 is 59.8 Å². The lowest BCUT2D eigenvalue weighted by molar-refractivity contribution is -0.124. The monoisotopic (exact) mass is 619 g/mol. The van der Waals surface area contributed by atoms with E-state index in [1.165, 1.54) is 18.4 Å². The van der Waals surface area contributed by atoms with Crippen LogP contribution in [0.4, 0.5) is 5.69 Å². The van der Waals surface area contributed by atoms with Crippen molar-refractivity contribution in [2.45, 2.75) is 109 Å². The lowest BCUT2D eigenvalue weighted by Gasteiger charge is -2.43. The maximum Gasteiger partial charge on any atom is 0.350 e. The lowest BCUT2D eigenvalue weighted by Crippen LogP contribution is -2.49. The van der Waals surface area contributed by atoms with Crippen molar-refractivity contribution in [3.8, 4) is 0 Å². The smallest absolute Gasteiger partial charge is 0.350 e. The Morgan fingerprint density at radius 2 is 1.65 bits per heavy atom. The second-order valence-corrected chi connectivity index (χ2v) is 19.4. The number of nitrogens with zero attached hydrogens (tertiary/aromatic N) is 1. The lowest BCUT2D eigenvalue weighted by atomic mass is 9.81. The number of rotatable bonds is 6. The minimum atomic E-state index is -1.83. The van der Waals surface area contributed by atoms with Gasteiger partial charge >= 0.3 is 5.97 Å². The van der Waals surface area contributed by atoms with E-state index in [0.29, 0.717) is 10.8 Å². The molecule has 1 amide bonds. The zero-order valence-electron chi connectivity index (χ0n) is 21.9. The van der Waals surface area contributed by atoms with E-state index >= 15 is 0 Å². The molecular weight excluding hydrogens is 577 g/mol. The Morgan fingerprint density at radius 1 is 1.06 bits per heavy atom. The fraction of sp³-hybridized carbons (Fsp3) is 0.769. The Morgan fingerprint density at radius 3 is 2.18 bits per heavy atom. The molecule has 0 radical (unpaired) electrons. The summed E-state index contributed by atoms with van der Waals surface area (Å²) in [6.45, 7) is 13.7. The molecule has 2 fully saturated rings. The first-order valence-corrected chi connectivity index (χ1v) is 17.5. The molecule has 34 heavy (non-hydrogen) atoms. The molecule has 5 nitrogen and oxygen atoms in total. The van der Waals surface area contributed by atoms with Crippen molar-refractivity contribution in [3.05, 3.63) is 13.8 Å². The first-order valence-electron chi connectivity index (χ1n) is 12.7. The van der Waals surface area contributed by atoms with E-state index in [0.717, 1.165) is 59.9 Å². The normalized spacial score (nSPS) is 26.2. The number of hydrogen-bond donors (Lipinski definition) is 0. The molecule has 8 heteroatoms. The number of esters is 1. The molecule has 2 saturated carbocycles. The highest BCUT2D eigenvalue weighted by atomic mass is 127. The van der Waals surface area contributed by atoms with Gasteiger partial charge in [0.05, 0.1) is 15.7 Å². The maximum atomic E-state index is 14.0. The molecule has 0 saturated heterocycles. The summed E-state index contributed by atoms with van der Waals surface area (Å²) in [6, 6.07) is 2.10. The van der Waals surface area contributed by atoms with Crippen molar-refractivity contribution < 1.29 is 18.8 Å². The Hall–Kier alpha value is -0.453. The predicted molar refractivity (Wildman–Crippen MR) is 151 cm³/mol. The Labute approximate surface area is 224 Å². The summed E-state index contributed by atoms with van der Waals surface area (Å²) in [5.74, 6) is 0.571. The highest BCUT2D eigenvalue weighted by molar-refractivity contribution is 14.1. The third-order valence-electron chi connectivity index (χ3n) is 8.19. The molecule has 1 aromatic heterocycles. The maximum absolute atomic E-state index is 14.0. The molecule has 1 heterocycles. The quantitative estimate of drug-likeness (QED) is 0.187. The van der Waals surface area contributed by atoms with Crippen LogP contribution in [0.15, 0.2) is 6.07 Å². The van der Waals surface area contributed by atoms with Crippen LogP contribution in [0.25, 0.3) is 0 Å². The van der Waals surface area contributed by atoms with Gasteiger partial charge in [-0.05, 0) is 104 Å². The fourth-order valence-corrected chi connectivity index (χ4v) is 8.16. The van der Waals surface area contributed by atoms with E-state index in [-0.39, 0.29) is 35.0 Å². The molecule has 1 aromatic rings. The second kappa shape index (κ2) is 11.3. The predicted octanol–water partition coefficient (Wildman–Crippen LogP) is 7.63. The van der Waals surface area contributed by atoms with Gasteiger partial charge in [-0.3, -0.25) is 4.79 Å². The molecular formula is C26H42INO4SSi. The van der Waals surface area contributed by atoms with Gasteiger partial charge in [0.1, 0.15) is 4.88 Å². The third kappa shape index (κ3) is 6.45. The van der Waals surface area contributed by atoms with E-state index in [4.69, 9.17) is 9.16 Å². The van der Waals surface area contributed by atoms with Crippen molar-refractivity contribution in [1.82, 2.24) is 0 Å². The standard InChI is InChI=1S/C26H42INO4SSi/c1-17-8-10-18(11-9-17)24(29)28(21-16-22(27)33-23(21)25(30)31-5)19-12-14-20(15-13-19)32-34(6,7)26(2,3)4/h16-20H,8-15H2,1-7H3/t17-,18-,19-,20-. The molecule has 0 aromatic carbocycles. The molecule has 0 aliphatic heterocycles. The van der Waals surface area contributed by atoms with E-state index < -0.39 is 8.32 Å². The molecule has 3 rings (SSSR count). The fourth-order valence-electron chi connectivity index (χ4n) is 4.98. The first kappa shape index (κ1) is 28.1. The van der Waals surface area contributed by atoms with Crippen LogP contribution in [0.2, 0.25) is 18.1 Å². The van der Waals surface area contributed by atoms with Crippen molar-refractivity contribution in [1.29, 1.82) is 0 Å². The van der Waals surface area contributed by atoms with Gasteiger partial charge in [-0.2, -0.15) is 0 Å². The molecule has 192 valence electrons. The van der Waals surface area contributed by atoms with Gasteiger partial charge in [0.2, 0.25) is 5.91 Å². The summed E-state index contributed by atoms with van der Waals surface area (Å²) in [6.07, 6.45) is 8.05. The Balaban J connectivity index is 1.83. The summed E-state index contributed by atoms with van der Waals surface area (Å²) in [5, 5.41) is 0.187. The number of halogens is 1. The van der Waals surface area contributed by atoms with Crippen LogP contribution in [0, 0.1) is 14.7 Å². The van der Waals surface area contributed by atoms with Crippen LogP contribution in [0.5, 0.6) is 0 Å². The SMILES string of the molecule is COC(=O)c1sc(I)cc1N(C(=O)[C@H]1CC[C@H](C)CC1)[C@H]1CC[C@H](O[Si](C)(C)C(C)(C)C)CC1. The van der Waals surface area contributed by atoms with Gasteiger partial charge in [0, 0.05) is 18.1 Å². The number of carbonyl (C=O) groups excluding carboxylic acids is 2. The zero-order chi connectivity index (χ0) is 25.3. The largest absolute Gasteiger partial charge is 0.465 e. The highest BCUT2D eigenvalue weighted by Gasteiger charge is 2.42. The number of ether oxygens (including phenoxy) is 1. The topological polar surface area (TPSA) is 55.8 Å². The van der Waals surface area contributed by atoms with Crippen LogP contribution < -0.4 is 4.90 Å². The summed E-state index contributed by atoms with van der Waals surface area (Å²) in [7, 11) is -0.414. The summed E-state index contributed by atoms with van der Waals surface area (Å²) < 4.78 is 12.8. The first-order chi connectivity index (χ1) is 15.8. The van der Waals surface area contributed by atoms with E-state index in [1.54, 1.807) is 0 Å². The average Bonchev–Trinajstić information content (AvgIpc) is 3.15. The van der Waals surface area contributed by atoms with E-state index in [2.05, 4.69) is 63.4 Å². The average molecular weight is 620 g/mol. The second-order valence-electron chi connectivity index (χ2n) is 11.7.